The van der Waals surface area contributed by atoms with Gasteiger partial charge in [0.1, 0.15) is 5.69 Å². The number of aromatic nitrogens is 3. The molecule has 1 heterocycles. The van der Waals surface area contributed by atoms with Gasteiger partial charge in [-0.1, -0.05) is 35.5 Å². The second-order valence-electron chi connectivity index (χ2n) is 3.81. The van der Waals surface area contributed by atoms with Crippen LogP contribution in [0.15, 0.2) is 30.3 Å². The standard InChI is InChI=1S/C12H15N3O/c1-9(11-6-4-3-5-7-11)15-10(2)12(8-16)13-14-15/h3-7,9,16H,8H2,1-2H3. The van der Waals surface area contributed by atoms with Gasteiger partial charge in [-0.2, -0.15) is 0 Å². The summed E-state index contributed by atoms with van der Waals surface area (Å²) in [5.41, 5.74) is 2.74. The molecule has 0 amide bonds. The number of nitrogens with zero attached hydrogens (tertiary/aromatic N) is 3. The van der Waals surface area contributed by atoms with E-state index in [2.05, 4.69) is 29.4 Å². The highest BCUT2D eigenvalue weighted by Crippen LogP contribution is 2.18. The van der Waals surface area contributed by atoms with Gasteiger partial charge in [0.05, 0.1) is 18.3 Å². The van der Waals surface area contributed by atoms with Gasteiger partial charge in [-0.05, 0) is 19.4 Å². The van der Waals surface area contributed by atoms with Crippen molar-refractivity contribution >= 4 is 0 Å². The molecule has 2 aromatic rings. The molecule has 16 heavy (non-hydrogen) atoms. The van der Waals surface area contributed by atoms with Crippen molar-refractivity contribution in [3.63, 3.8) is 0 Å². The highest BCUT2D eigenvalue weighted by Gasteiger charge is 2.14. The fourth-order valence-electron chi connectivity index (χ4n) is 1.76. The van der Waals surface area contributed by atoms with Crippen LogP contribution in [0.1, 0.15) is 29.9 Å². The van der Waals surface area contributed by atoms with E-state index in [1.54, 1.807) is 0 Å². The van der Waals surface area contributed by atoms with E-state index in [-0.39, 0.29) is 12.6 Å². The fourth-order valence-corrected chi connectivity index (χ4v) is 1.76. The summed E-state index contributed by atoms with van der Waals surface area (Å²) in [6.45, 7) is 3.93. The molecule has 0 aliphatic heterocycles. The van der Waals surface area contributed by atoms with Gasteiger partial charge < -0.3 is 5.11 Å². The summed E-state index contributed by atoms with van der Waals surface area (Å²) in [6.07, 6.45) is 0. The molecule has 1 atom stereocenters. The maximum absolute atomic E-state index is 9.07. The molecule has 4 heteroatoms. The lowest BCUT2D eigenvalue weighted by molar-refractivity contribution is 0.276. The van der Waals surface area contributed by atoms with Crippen LogP contribution in [-0.4, -0.2) is 20.1 Å². The van der Waals surface area contributed by atoms with Gasteiger partial charge in [0.15, 0.2) is 0 Å². The Morgan fingerprint density at radius 3 is 2.56 bits per heavy atom. The lowest BCUT2D eigenvalue weighted by atomic mass is 10.1. The van der Waals surface area contributed by atoms with Gasteiger partial charge in [-0.3, -0.25) is 0 Å². The average Bonchev–Trinajstić information content (AvgIpc) is 2.70. The second kappa shape index (κ2) is 4.45. The van der Waals surface area contributed by atoms with Crippen molar-refractivity contribution in [1.29, 1.82) is 0 Å². The molecule has 1 aromatic heterocycles. The molecular weight excluding hydrogens is 202 g/mol. The molecule has 2 rings (SSSR count). The maximum Gasteiger partial charge on any atom is 0.111 e. The van der Waals surface area contributed by atoms with Crippen LogP contribution in [-0.2, 0) is 6.61 Å². The van der Waals surface area contributed by atoms with Crippen LogP contribution in [0, 0.1) is 6.92 Å². The molecule has 4 nitrogen and oxygen atoms in total. The SMILES string of the molecule is Cc1c(CO)nnn1C(C)c1ccccc1. The molecule has 0 fully saturated rings. The predicted molar refractivity (Wildman–Crippen MR) is 60.9 cm³/mol. The zero-order chi connectivity index (χ0) is 11.5. The smallest absolute Gasteiger partial charge is 0.111 e. The van der Waals surface area contributed by atoms with Crippen LogP contribution in [0.2, 0.25) is 0 Å². The van der Waals surface area contributed by atoms with Gasteiger partial charge in [0, 0.05) is 0 Å². The quantitative estimate of drug-likeness (QED) is 0.851. The zero-order valence-electron chi connectivity index (χ0n) is 9.46. The highest BCUT2D eigenvalue weighted by molar-refractivity contribution is 5.20. The largest absolute Gasteiger partial charge is 0.390 e. The minimum atomic E-state index is -0.0622. The minimum Gasteiger partial charge on any atom is -0.390 e. The first-order valence-electron chi connectivity index (χ1n) is 5.30. The third kappa shape index (κ3) is 1.84. The lowest BCUT2D eigenvalue weighted by Crippen LogP contribution is -2.10. The number of rotatable bonds is 3. The summed E-state index contributed by atoms with van der Waals surface area (Å²) in [7, 11) is 0. The van der Waals surface area contributed by atoms with E-state index in [1.165, 1.54) is 5.56 Å². The number of hydrogen-bond acceptors (Lipinski definition) is 3. The van der Waals surface area contributed by atoms with E-state index in [0.717, 1.165) is 5.69 Å². The van der Waals surface area contributed by atoms with Gasteiger partial charge in [0.25, 0.3) is 0 Å². The van der Waals surface area contributed by atoms with E-state index in [9.17, 15) is 0 Å². The van der Waals surface area contributed by atoms with Crippen molar-refractivity contribution in [2.75, 3.05) is 0 Å². The Kier molecular flexibility index (Phi) is 3.01. The Hall–Kier alpha value is -1.68. The third-order valence-electron chi connectivity index (χ3n) is 2.82. The van der Waals surface area contributed by atoms with Crippen molar-refractivity contribution in [2.24, 2.45) is 0 Å². The number of aliphatic hydroxyl groups is 1. The van der Waals surface area contributed by atoms with Crippen molar-refractivity contribution < 1.29 is 5.11 Å². The Morgan fingerprint density at radius 2 is 2.00 bits per heavy atom. The Labute approximate surface area is 94.5 Å². The van der Waals surface area contributed by atoms with Gasteiger partial charge in [-0.25, -0.2) is 4.68 Å². The van der Waals surface area contributed by atoms with E-state index < -0.39 is 0 Å². The summed E-state index contributed by atoms with van der Waals surface area (Å²) in [5, 5.41) is 17.1. The highest BCUT2D eigenvalue weighted by atomic mass is 16.3. The van der Waals surface area contributed by atoms with E-state index in [4.69, 9.17) is 5.11 Å². The van der Waals surface area contributed by atoms with Crippen molar-refractivity contribution in [3.8, 4) is 0 Å². The molecule has 1 unspecified atom stereocenters. The molecule has 0 aliphatic carbocycles. The van der Waals surface area contributed by atoms with Gasteiger partial charge in [-0.15, -0.1) is 5.10 Å². The van der Waals surface area contributed by atoms with E-state index in [1.807, 2.05) is 29.8 Å². The molecule has 0 saturated carbocycles. The molecule has 0 saturated heterocycles. The second-order valence-corrected chi connectivity index (χ2v) is 3.81. The third-order valence-corrected chi connectivity index (χ3v) is 2.82. The molecule has 0 spiro atoms. The van der Waals surface area contributed by atoms with Crippen LogP contribution in [0.5, 0.6) is 0 Å². The number of hydrogen-bond donors (Lipinski definition) is 1. The monoisotopic (exact) mass is 217 g/mol. The van der Waals surface area contributed by atoms with E-state index in [0.29, 0.717) is 5.69 Å². The Bertz CT molecular complexity index is 464. The maximum atomic E-state index is 9.07. The van der Waals surface area contributed by atoms with Crippen molar-refractivity contribution in [3.05, 3.63) is 47.3 Å². The molecule has 1 aromatic carbocycles. The van der Waals surface area contributed by atoms with Crippen molar-refractivity contribution in [2.45, 2.75) is 26.5 Å². The molecular formula is C12H15N3O. The average molecular weight is 217 g/mol. The summed E-state index contributed by atoms with van der Waals surface area (Å²) in [4.78, 5) is 0. The van der Waals surface area contributed by atoms with Crippen molar-refractivity contribution in [1.82, 2.24) is 15.0 Å². The van der Waals surface area contributed by atoms with E-state index >= 15 is 0 Å². The fraction of sp³-hybridized carbons (Fsp3) is 0.333. The number of aliphatic hydroxyl groups excluding tert-OH is 1. The van der Waals surface area contributed by atoms with Crippen LogP contribution < -0.4 is 0 Å². The molecule has 84 valence electrons. The van der Waals surface area contributed by atoms with Crippen LogP contribution in [0.3, 0.4) is 0 Å². The topological polar surface area (TPSA) is 50.9 Å². The molecule has 0 bridgehead atoms. The summed E-state index contributed by atoms with van der Waals surface area (Å²) in [6, 6.07) is 10.3. The summed E-state index contributed by atoms with van der Waals surface area (Å²) in [5.74, 6) is 0. The lowest BCUT2D eigenvalue weighted by Gasteiger charge is -2.13. The van der Waals surface area contributed by atoms with Crippen LogP contribution in [0.4, 0.5) is 0 Å². The first kappa shape index (κ1) is 10.8. The van der Waals surface area contributed by atoms with Crippen LogP contribution >= 0.6 is 0 Å². The molecule has 0 radical (unpaired) electrons. The predicted octanol–water partition coefficient (Wildman–Crippen LogP) is 1.69. The van der Waals surface area contributed by atoms with Crippen LogP contribution in [0.25, 0.3) is 0 Å². The molecule has 0 aliphatic rings. The summed E-state index contributed by atoms with van der Waals surface area (Å²) < 4.78 is 1.83. The minimum absolute atomic E-state index is 0.0622. The zero-order valence-corrected chi connectivity index (χ0v) is 9.46. The van der Waals surface area contributed by atoms with Gasteiger partial charge >= 0.3 is 0 Å². The van der Waals surface area contributed by atoms with Gasteiger partial charge in [0.2, 0.25) is 0 Å². The Balaban J connectivity index is 2.34. The number of benzene rings is 1. The first-order valence-corrected chi connectivity index (χ1v) is 5.30. The Morgan fingerprint density at radius 1 is 1.31 bits per heavy atom. The summed E-state index contributed by atoms with van der Waals surface area (Å²) >= 11 is 0. The first-order chi connectivity index (χ1) is 7.74. The molecule has 1 N–H and O–H groups in total. The normalized spacial score (nSPS) is 12.7.